The Kier molecular flexibility index (Phi) is 8.46. The Balaban J connectivity index is 0.000000186. The van der Waals surface area contributed by atoms with Crippen LogP contribution in [0.5, 0.6) is 5.75 Å². The van der Waals surface area contributed by atoms with Crippen LogP contribution >= 0.6 is 0 Å². The van der Waals surface area contributed by atoms with Crippen LogP contribution in [0.15, 0.2) is 35.1 Å². The first-order valence-electron chi connectivity index (χ1n) is 10.4. The summed E-state index contributed by atoms with van der Waals surface area (Å²) < 4.78 is 54.6. The minimum atomic E-state index is -4.55. The normalized spacial score (nSPS) is 22.8. The largest absolute Gasteiger partial charge is 0.522 e. The standard InChI is InChI=1S/C14H19NO3.C7H7F3N2O2/c1-11-4-6-13(7-5-11)18-10-14(16)15-12-3-2-8-17-9-12;8-7(9,10)14-5-1-4(2-5)6-12-11-3-13-6/h4-7,12H,2-3,8-10H2,1H3,(H,15,16);3-5H,1-2H2. The van der Waals surface area contributed by atoms with Gasteiger partial charge < -0.3 is 19.2 Å². The van der Waals surface area contributed by atoms with Crippen LogP contribution in [0.4, 0.5) is 13.2 Å². The van der Waals surface area contributed by atoms with Crippen molar-refractivity contribution in [2.24, 2.45) is 0 Å². The molecule has 2 aliphatic rings. The van der Waals surface area contributed by atoms with Crippen LogP contribution in [0.2, 0.25) is 0 Å². The van der Waals surface area contributed by atoms with Crippen molar-refractivity contribution in [1.29, 1.82) is 0 Å². The number of amides is 1. The van der Waals surface area contributed by atoms with Crippen LogP contribution in [0.1, 0.15) is 43.1 Å². The summed E-state index contributed by atoms with van der Waals surface area (Å²) in [4.78, 5) is 11.7. The van der Waals surface area contributed by atoms with Gasteiger partial charge >= 0.3 is 6.36 Å². The third kappa shape index (κ3) is 8.12. The molecule has 2 fully saturated rings. The molecule has 0 bridgehead atoms. The smallest absolute Gasteiger partial charge is 0.484 e. The van der Waals surface area contributed by atoms with Gasteiger partial charge in [-0.15, -0.1) is 23.4 Å². The van der Waals surface area contributed by atoms with E-state index < -0.39 is 12.5 Å². The number of rotatable bonds is 6. The molecule has 32 heavy (non-hydrogen) atoms. The van der Waals surface area contributed by atoms with Crippen molar-refractivity contribution in [3.05, 3.63) is 42.1 Å². The van der Waals surface area contributed by atoms with Gasteiger partial charge in [-0.05, 0) is 44.7 Å². The lowest BCUT2D eigenvalue weighted by molar-refractivity contribution is -0.352. The molecule has 1 aromatic carbocycles. The van der Waals surface area contributed by atoms with Crippen LogP contribution in [-0.4, -0.2) is 54.4 Å². The number of nitrogens with one attached hydrogen (secondary N) is 1. The number of hydrogen-bond donors (Lipinski definition) is 1. The predicted molar refractivity (Wildman–Crippen MR) is 106 cm³/mol. The fourth-order valence-corrected chi connectivity index (χ4v) is 3.32. The molecular formula is C21H26F3N3O5. The average Bonchev–Trinajstić information content (AvgIpc) is 3.25. The lowest BCUT2D eigenvalue weighted by Crippen LogP contribution is -2.42. The highest BCUT2D eigenvalue weighted by molar-refractivity contribution is 5.77. The van der Waals surface area contributed by atoms with Crippen molar-refractivity contribution in [3.63, 3.8) is 0 Å². The summed E-state index contributed by atoms with van der Waals surface area (Å²) in [6.07, 6.45) is -1.62. The van der Waals surface area contributed by atoms with Gasteiger partial charge in [0.25, 0.3) is 5.91 Å². The zero-order valence-electron chi connectivity index (χ0n) is 17.6. The first-order valence-corrected chi connectivity index (χ1v) is 10.4. The lowest BCUT2D eigenvalue weighted by atomic mass is 9.82. The van der Waals surface area contributed by atoms with E-state index in [0.717, 1.165) is 31.6 Å². The number of aromatic nitrogens is 2. The minimum absolute atomic E-state index is 0.0551. The number of benzene rings is 1. The van der Waals surface area contributed by atoms with Gasteiger partial charge in [-0.25, -0.2) is 0 Å². The number of nitrogens with zero attached hydrogens (tertiary/aromatic N) is 2. The summed E-state index contributed by atoms with van der Waals surface area (Å²) in [5, 5.41) is 9.97. The highest BCUT2D eigenvalue weighted by atomic mass is 19.4. The third-order valence-corrected chi connectivity index (χ3v) is 5.04. The highest BCUT2D eigenvalue weighted by Gasteiger charge is 2.42. The predicted octanol–water partition coefficient (Wildman–Crippen LogP) is 3.52. The molecular weight excluding hydrogens is 431 g/mol. The Labute approximate surface area is 183 Å². The van der Waals surface area contributed by atoms with Crippen molar-refractivity contribution < 1.29 is 36.6 Å². The fourth-order valence-electron chi connectivity index (χ4n) is 3.32. The molecule has 1 aromatic heterocycles. The Bertz CT molecular complexity index is 818. The monoisotopic (exact) mass is 457 g/mol. The van der Waals surface area contributed by atoms with Gasteiger partial charge in [-0.3, -0.25) is 9.53 Å². The number of carbonyl (C=O) groups excluding carboxylic acids is 1. The summed E-state index contributed by atoms with van der Waals surface area (Å²) in [7, 11) is 0. The van der Waals surface area contributed by atoms with Crippen LogP contribution < -0.4 is 10.1 Å². The molecule has 8 nitrogen and oxygen atoms in total. The number of halogens is 3. The molecule has 11 heteroatoms. The fraction of sp³-hybridized carbons (Fsp3) is 0.571. The second-order valence-corrected chi connectivity index (χ2v) is 7.71. The molecule has 176 valence electrons. The van der Waals surface area contributed by atoms with Crippen molar-refractivity contribution in [1.82, 2.24) is 15.5 Å². The van der Waals surface area contributed by atoms with E-state index in [1.165, 1.54) is 5.56 Å². The van der Waals surface area contributed by atoms with Crippen LogP contribution in [0, 0.1) is 6.92 Å². The van der Waals surface area contributed by atoms with Gasteiger partial charge in [0, 0.05) is 12.5 Å². The molecule has 1 unspecified atom stereocenters. The first-order chi connectivity index (χ1) is 15.3. The van der Waals surface area contributed by atoms with Crippen molar-refractivity contribution in [2.75, 3.05) is 19.8 Å². The van der Waals surface area contributed by atoms with Gasteiger partial charge in [-0.2, -0.15) is 0 Å². The SMILES string of the molecule is Cc1ccc(OCC(=O)NC2CCCOC2)cc1.FC(F)(F)OC1CC(c2nnco2)C1. The number of aryl methyl sites for hydroxylation is 1. The summed E-state index contributed by atoms with van der Waals surface area (Å²) in [5.74, 6) is 0.915. The van der Waals surface area contributed by atoms with Crippen molar-refractivity contribution >= 4 is 5.91 Å². The van der Waals surface area contributed by atoms with E-state index in [-0.39, 0.29) is 37.3 Å². The summed E-state index contributed by atoms with van der Waals surface area (Å²) in [6.45, 7) is 3.47. The molecule has 1 N–H and O–H groups in total. The quantitative estimate of drug-likeness (QED) is 0.709. The molecule has 1 saturated carbocycles. The Morgan fingerprint density at radius 3 is 2.59 bits per heavy atom. The molecule has 1 saturated heterocycles. The molecule has 2 heterocycles. The minimum Gasteiger partial charge on any atom is -0.484 e. The molecule has 0 radical (unpaired) electrons. The van der Waals surface area contributed by atoms with E-state index in [2.05, 4.69) is 20.3 Å². The Morgan fingerprint density at radius 1 is 1.25 bits per heavy atom. The van der Waals surface area contributed by atoms with E-state index in [1.54, 1.807) is 0 Å². The molecule has 1 aliphatic heterocycles. The summed E-state index contributed by atoms with van der Waals surface area (Å²) in [5.41, 5.74) is 1.17. The van der Waals surface area contributed by atoms with Gasteiger partial charge in [-0.1, -0.05) is 17.7 Å². The summed E-state index contributed by atoms with van der Waals surface area (Å²) in [6, 6.07) is 7.79. The van der Waals surface area contributed by atoms with Crippen molar-refractivity contribution in [2.45, 2.75) is 57.0 Å². The summed E-state index contributed by atoms with van der Waals surface area (Å²) >= 11 is 0. The molecule has 0 spiro atoms. The van der Waals surface area contributed by atoms with Crippen LogP contribution in [0.25, 0.3) is 0 Å². The Hall–Kier alpha value is -2.66. The van der Waals surface area contributed by atoms with Crippen LogP contribution in [-0.2, 0) is 14.3 Å². The molecule has 1 aliphatic carbocycles. The van der Waals surface area contributed by atoms with E-state index >= 15 is 0 Å². The zero-order chi connectivity index (χ0) is 23.0. The maximum absolute atomic E-state index is 11.7. The van der Waals surface area contributed by atoms with E-state index in [4.69, 9.17) is 13.9 Å². The third-order valence-electron chi connectivity index (χ3n) is 5.04. The first kappa shape index (κ1) is 24.0. The Morgan fingerprint density at radius 2 is 2.00 bits per heavy atom. The van der Waals surface area contributed by atoms with E-state index in [9.17, 15) is 18.0 Å². The molecule has 1 atom stereocenters. The van der Waals surface area contributed by atoms with E-state index in [0.29, 0.717) is 12.5 Å². The van der Waals surface area contributed by atoms with Crippen LogP contribution in [0.3, 0.4) is 0 Å². The number of alkyl halides is 3. The van der Waals surface area contributed by atoms with Gasteiger partial charge in [0.15, 0.2) is 6.61 Å². The maximum Gasteiger partial charge on any atom is 0.522 e. The zero-order valence-corrected chi connectivity index (χ0v) is 17.6. The number of hydrogen-bond acceptors (Lipinski definition) is 7. The maximum atomic E-state index is 11.7. The number of carbonyl (C=O) groups is 1. The van der Waals surface area contributed by atoms with Crippen molar-refractivity contribution in [3.8, 4) is 5.75 Å². The number of ether oxygens (including phenoxy) is 3. The molecule has 1 amide bonds. The highest BCUT2D eigenvalue weighted by Crippen LogP contribution is 2.40. The second-order valence-electron chi connectivity index (χ2n) is 7.71. The van der Waals surface area contributed by atoms with Gasteiger partial charge in [0.2, 0.25) is 12.3 Å². The van der Waals surface area contributed by atoms with E-state index in [1.807, 2.05) is 31.2 Å². The molecule has 4 rings (SSSR count). The van der Waals surface area contributed by atoms with Gasteiger partial charge in [0.1, 0.15) is 5.75 Å². The second kappa shape index (κ2) is 11.3. The van der Waals surface area contributed by atoms with Gasteiger partial charge in [0.05, 0.1) is 18.8 Å². The molecule has 2 aromatic rings. The topological polar surface area (TPSA) is 95.7 Å². The lowest BCUT2D eigenvalue weighted by Gasteiger charge is -2.32. The average molecular weight is 457 g/mol.